The minimum Gasteiger partial charge on any atom is -0.322 e. The van der Waals surface area contributed by atoms with Crippen LogP contribution in [0.4, 0.5) is 8.78 Å². The van der Waals surface area contributed by atoms with Crippen molar-refractivity contribution in [2.24, 2.45) is 5.73 Å². The summed E-state index contributed by atoms with van der Waals surface area (Å²) in [5.41, 5.74) is 5.11. The van der Waals surface area contributed by atoms with Gasteiger partial charge in [-0.15, -0.1) is 0 Å². The first-order chi connectivity index (χ1) is 4.13. The summed E-state index contributed by atoms with van der Waals surface area (Å²) in [6, 6.07) is -1.01. The number of halogens is 2. The van der Waals surface area contributed by atoms with E-state index < -0.39 is 12.0 Å². The van der Waals surface area contributed by atoms with E-state index in [2.05, 4.69) is 0 Å². The number of rotatable bonds is 0. The molecule has 0 heterocycles. The minimum atomic E-state index is -2.64. The van der Waals surface area contributed by atoms with E-state index in [0.717, 1.165) is 6.42 Å². The lowest BCUT2D eigenvalue weighted by molar-refractivity contribution is -0.0363. The van der Waals surface area contributed by atoms with Gasteiger partial charge < -0.3 is 5.73 Å². The Hall–Kier alpha value is -0.180. The first-order valence-corrected chi connectivity index (χ1v) is 3.10. The van der Waals surface area contributed by atoms with Crippen molar-refractivity contribution in [3.05, 3.63) is 6.42 Å². The quantitative estimate of drug-likeness (QED) is 0.531. The molecule has 9 heavy (non-hydrogen) atoms. The summed E-state index contributed by atoms with van der Waals surface area (Å²) in [4.78, 5) is 0. The van der Waals surface area contributed by atoms with Gasteiger partial charge in [-0.05, 0) is 19.3 Å². The monoisotopic (exact) mass is 134 g/mol. The second kappa shape index (κ2) is 2.21. The second-order valence-electron chi connectivity index (χ2n) is 2.41. The summed E-state index contributed by atoms with van der Waals surface area (Å²) in [6.07, 6.45) is 2.74. The van der Waals surface area contributed by atoms with Crippen LogP contribution in [0.25, 0.3) is 0 Å². The summed E-state index contributed by atoms with van der Waals surface area (Å²) >= 11 is 0. The molecular weight excluding hydrogens is 124 g/mol. The van der Waals surface area contributed by atoms with Gasteiger partial charge in [-0.25, -0.2) is 8.78 Å². The molecule has 0 bridgehead atoms. The van der Waals surface area contributed by atoms with Crippen molar-refractivity contribution < 1.29 is 8.78 Å². The third-order valence-electron chi connectivity index (χ3n) is 1.62. The minimum absolute atomic E-state index is 0.0509. The van der Waals surface area contributed by atoms with E-state index in [0.29, 0.717) is 6.42 Å². The molecule has 0 aromatic carbocycles. The highest BCUT2D eigenvalue weighted by Gasteiger charge is 2.38. The van der Waals surface area contributed by atoms with Crippen LogP contribution in [0, 0.1) is 6.42 Å². The molecule has 1 atom stereocenters. The number of nitrogens with two attached hydrogens (primary N) is 1. The van der Waals surface area contributed by atoms with Gasteiger partial charge in [0.1, 0.15) is 0 Å². The molecule has 3 heteroatoms. The molecule has 0 spiro atoms. The molecular formula is C6H10F2N. The molecule has 1 aliphatic carbocycles. The van der Waals surface area contributed by atoms with Gasteiger partial charge in [-0.1, -0.05) is 0 Å². The average Bonchev–Trinajstić information content (AvgIpc) is 1.77. The lowest BCUT2D eigenvalue weighted by Crippen LogP contribution is -2.43. The fraction of sp³-hybridized carbons (Fsp3) is 0.833. The lowest BCUT2D eigenvalue weighted by Gasteiger charge is -2.27. The van der Waals surface area contributed by atoms with Crippen molar-refractivity contribution in [2.45, 2.75) is 31.2 Å². The van der Waals surface area contributed by atoms with Crippen molar-refractivity contribution in [3.8, 4) is 0 Å². The van der Waals surface area contributed by atoms with E-state index in [-0.39, 0.29) is 6.42 Å². The number of hydrogen-bond acceptors (Lipinski definition) is 1. The molecule has 1 radical (unpaired) electrons. The summed E-state index contributed by atoms with van der Waals surface area (Å²) in [5.74, 6) is -2.64. The standard InChI is InChI=1S/C6H10F2N/c7-6(8)4-2-1-3-5(6)9/h3,5H,1-2,4,9H2. The Morgan fingerprint density at radius 2 is 2.22 bits per heavy atom. The van der Waals surface area contributed by atoms with E-state index in [1.54, 1.807) is 0 Å². The zero-order valence-corrected chi connectivity index (χ0v) is 5.11. The Morgan fingerprint density at radius 1 is 1.56 bits per heavy atom. The molecule has 0 aromatic rings. The van der Waals surface area contributed by atoms with E-state index in [1.807, 2.05) is 0 Å². The SMILES string of the molecule is NC1[CH]CCCC1(F)F. The van der Waals surface area contributed by atoms with Crippen molar-refractivity contribution >= 4 is 0 Å². The van der Waals surface area contributed by atoms with Gasteiger partial charge in [0, 0.05) is 6.42 Å². The summed E-state index contributed by atoms with van der Waals surface area (Å²) in [5, 5.41) is 0. The topological polar surface area (TPSA) is 26.0 Å². The number of hydrogen-bond donors (Lipinski definition) is 1. The van der Waals surface area contributed by atoms with Crippen LogP contribution in [0.2, 0.25) is 0 Å². The molecule has 0 aliphatic heterocycles. The van der Waals surface area contributed by atoms with Crippen molar-refractivity contribution in [2.75, 3.05) is 0 Å². The fourth-order valence-electron chi connectivity index (χ4n) is 0.974. The van der Waals surface area contributed by atoms with E-state index >= 15 is 0 Å². The summed E-state index contributed by atoms with van der Waals surface area (Å²) in [7, 11) is 0. The molecule has 1 fully saturated rings. The van der Waals surface area contributed by atoms with Crippen LogP contribution in [-0.2, 0) is 0 Å². The van der Waals surface area contributed by atoms with E-state index in [9.17, 15) is 8.78 Å². The molecule has 1 unspecified atom stereocenters. The van der Waals surface area contributed by atoms with Crippen LogP contribution < -0.4 is 5.73 Å². The Bertz CT molecular complexity index is 103. The molecule has 0 saturated heterocycles. The average molecular weight is 134 g/mol. The van der Waals surface area contributed by atoms with E-state index in [1.165, 1.54) is 6.42 Å². The molecule has 53 valence electrons. The third kappa shape index (κ3) is 1.39. The molecule has 1 rings (SSSR count). The van der Waals surface area contributed by atoms with Gasteiger partial charge in [0.05, 0.1) is 6.04 Å². The second-order valence-corrected chi connectivity index (χ2v) is 2.41. The van der Waals surface area contributed by atoms with E-state index in [4.69, 9.17) is 5.73 Å². The van der Waals surface area contributed by atoms with Crippen LogP contribution >= 0.6 is 0 Å². The maximum absolute atomic E-state index is 12.4. The summed E-state index contributed by atoms with van der Waals surface area (Å²) < 4.78 is 24.9. The highest BCUT2D eigenvalue weighted by Crippen LogP contribution is 2.31. The van der Waals surface area contributed by atoms with Gasteiger partial charge >= 0.3 is 0 Å². The van der Waals surface area contributed by atoms with Crippen molar-refractivity contribution in [3.63, 3.8) is 0 Å². The van der Waals surface area contributed by atoms with Crippen molar-refractivity contribution in [1.29, 1.82) is 0 Å². The summed E-state index contributed by atoms with van der Waals surface area (Å²) in [6.45, 7) is 0. The Balaban J connectivity index is 2.49. The maximum atomic E-state index is 12.4. The normalized spacial score (nSPS) is 34.3. The van der Waals surface area contributed by atoms with Gasteiger partial charge in [-0.2, -0.15) is 0 Å². The van der Waals surface area contributed by atoms with Crippen LogP contribution in [0.5, 0.6) is 0 Å². The molecule has 0 amide bonds. The largest absolute Gasteiger partial charge is 0.322 e. The van der Waals surface area contributed by atoms with Gasteiger partial charge in [0.15, 0.2) is 0 Å². The zero-order valence-electron chi connectivity index (χ0n) is 5.11. The van der Waals surface area contributed by atoms with Gasteiger partial charge in [-0.3, -0.25) is 0 Å². The highest BCUT2D eigenvalue weighted by atomic mass is 19.3. The predicted molar refractivity (Wildman–Crippen MR) is 31.1 cm³/mol. The lowest BCUT2D eigenvalue weighted by atomic mass is 9.92. The Kier molecular flexibility index (Phi) is 1.70. The van der Waals surface area contributed by atoms with Gasteiger partial charge in [0.25, 0.3) is 5.92 Å². The van der Waals surface area contributed by atoms with Crippen LogP contribution in [-0.4, -0.2) is 12.0 Å². The fourth-order valence-corrected chi connectivity index (χ4v) is 0.974. The van der Waals surface area contributed by atoms with Crippen LogP contribution in [0.15, 0.2) is 0 Å². The van der Waals surface area contributed by atoms with Crippen molar-refractivity contribution in [1.82, 2.24) is 0 Å². The highest BCUT2D eigenvalue weighted by molar-refractivity contribution is 4.95. The smallest absolute Gasteiger partial charge is 0.263 e. The van der Waals surface area contributed by atoms with Crippen LogP contribution in [0.3, 0.4) is 0 Å². The molecule has 1 saturated carbocycles. The molecule has 0 aromatic heterocycles. The van der Waals surface area contributed by atoms with Gasteiger partial charge in [0.2, 0.25) is 0 Å². The number of alkyl halides is 2. The molecule has 1 aliphatic rings. The zero-order chi connectivity index (χ0) is 6.91. The third-order valence-corrected chi connectivity index (χ3v) is 1.62. The molecule has 2 N–H and O–H groups in total. The molecule has 1 nitrogen and oxygen atoms in total. The Morgan fingerprint density at radius 3 is 2.56 bits per heavy atom. The van der Waals surface area contributed by atoms with Crippen LogP contribution in [0.1, 0.15) is 19.3 Å². The Labute approximate surface area is 53.2 Å². The maximum Gasteiger partial charge on any atom is 0.263 e. The first kappa shape index (κ1) is 6.93. The predicted octanol–water partition coefficient (Wildman–Crippen LogP) is 1.34. The first-order valence-electron chi connectivity index (χ1n) is 3.10.